The SMILES string of the molecule is Cc1ccccc1Cn1c(SCc2ccc(C(=O)NC[C@H]3CCCO3)cc2)nc2ccncc21. The quantitative estimate of drug-likeness (QED) is 0.366. The number of amides is 1. The molecule has 5 rings (SSSR count). The Morgan fingerprint density at radius 1 is 1.18 bits per heavy atom. The van der Waals surface area contributed by atoms with Crippen molar-refractivity contribution in [3.05, 3.63) is 89.2 Å². The van der Waals surface area contributed by atoms with Crippen molar-refractivity contribution in [3.8, 4) is 0 Å². The minimum absolute atomic E-state index is 0.0535. The largest absolute Gasteiger partial charge is 0.376 e. The lowest BCUT2D eigenvalue weighted by Gasteiger charge is -2.12. The topological polar surface area (TPSA) is 69.0 Å². The summed E-state index contributed by atoms with van der Waals surface area (Å²) in [5.74, 6) is 0.713. The van der Waals surface area contributed by atoms with E-state index in [-0.39, 0.29) is 12.0 Å². The van der Waals surface area contributed by atoms with Gasteiger partial charge >= 0.3 is 0 Å². The number of benzene rings is 2. The van der Waals surface area contributed by atoms with Crippen LogP contribution in [0.15, 0.2) is 72.1 Å². The van der Waals surface area contributed by atoms with Gasteiger partial charge in [0, 0.05) is 30.7 Å². The van der Waals surface area contributed by atoms with E-state index in [4.69, 9.17) is 9.72 Å². The first-order valence-corrected chi connectivity index (χ1v) is 12.6. The van der Waals surface area contributed by atoms with Gasteiger partial charge in [-0.2, -0.15) is 0 Å². The van der Waals surface area contributed by atoms with Crippen molar-refractivity contribution >= 4 is 28.7 Å². The van der Waals surface area contributed by atoms with Crippen LogP contribution in [0.25, 0.3) is 11.0 Å². The third-order valence-electron chi connectivity index (χ3n) is 6.20. The number of nitrogens with one attached hydrogen (secondary N) is 1. The van der Waals surface area contributed by atoms with Crippen molar-refractivity contribution in [2.24, 2.45) is 0 Å². The summed E-state index contributed by atoms with van der Waals surface area (Å²) in [6.07, 6.45) is 5.90. The van der Waals surface area contributed by atoms with E-state index < -0.39 is 0 Å². The number of rotatable bonds is 8. The Balaban J connectivity index is 1.27. The van der Waals surface area contributed by atoms with Crippen LogP contribution in [0.3, 0.4) is 0 Å². The van der Waals surface area contributed by atoms with Crippen LogP contribution in [0.4, 0.5) is 0 Å². The van der Waals surface area contributed by atoms with Crippen molar-refractivity contribution in [2.45, 2.75) is 43.3 Å². The van der Waals surface area contributed by atoms with E-state index in [1.54, 1.807) is 18.0 Å². The summed E-state index contributed by atoms with van der Waals surface area (Å²) in [5.41, 5.74) is 6.33. The molecular weight excluding hydrogens is 444 g/mol. The highest BCUT2D eigenvalue weighted by molar-refractivity contribution is 7.98. The van der Waals surface area contributed by atoms with E-state index in [1.165, 1.54) is 11.1 Å². The summed E-state index contributed by atoms with van der Waals surface area (Å²) < 4.78 is 7.82. The van der Waals surface area contributed by atoms with Crippen LogP contribution in [-0.2, 0) is 17.0 Å². The maximum absolute atomic E-state index is 12.4. The number of ether oxygens (including phenoxy) is 1. The lowest BCUT2D eigenvalue weighted by Crippen LogP contribution is -2.31. The molecule has 7 heteroatoms. The number of aromatic nitrogens is 3. The van der Waals surface area contributed by atoms with E-state index in [0.29, 0.717) is 12.1 Å². The molecule has 1 fully saturated rings. The number of hydrogen-bond donors (Lipinski definition) is 1. The van der Waals surface area contributed by atoms with Crippen LogP contribution >= 0.6 is 11.8 Å². The maximum Gasteiger partial charge on any atom is 0.251 e. The number of pyridine rings is 1. The summed E-state index contributed by atoms with van der Waals surface area (Å²) in [4.78, 5) is 21.6. The van der Waals surface area contributed by atoms with Crippen LogP contribution in [0.2, 0.25) is 0 Å². The zero-order valence-corrected chi connectivity index (χ0v) is 20.1. The molecule has 1 atom stereocenters. The van der Waals surface area contributed by atoms with E-state index in [1.807, 2.05) is 36.5 Å². The van der Waals surface area contributed by atoms with Gasteiger partial charge in [0.15, 0.2) is 5.16 Å². The fraction of sp³-hybridized carbons (Fsp3) is 0.296. The zero-order chi connectivity index (χ0) is 23.3. The van der Waals surface area contributed by atoms with Crippen molar-refractivity contribution in [2.75, 3.05) is 13.2 Å². The van der Waals surface area contributed by atoms with Crippen molar-refractivity contribution < 1.29 is 9.53 Å². The minimum Gasteiger partial charge on any atom is -0.376 e. The van der Waals surface area contributed by atoms with Gasteiger partial charge in [-0.15, -0.1) is 0 Å². The molecule has 1 aliphatic heterocycles. The standard InChI is InChI=1S/C27H28N4O2S/c1-19-5-2-3-6-22(19)17-31-25-16-28-13-12-24(25)30-27(31)34-18-20-8-10-21(11-9-20)26(32)29-15-23-7-4-14-33-23/h2-3,5-6,8-13,16,23H,4,7,14-15,17-18H2,1H3,(H,29,32)/t23-/m1/s1. The van der Waals surface area contributed by atoms with Gasteiger partial charge in [-0.05, 0) is 54.7 Å². The molecule has 4 aromatic rings. The Labute approximate surface area is 203 Å². The highest BCUT2D eigenvalue weighted by Gasteiger charge is 2.17. The molecule has 2 aromatic carbocycles. The van der Waals surface area contributed by atoms with E-state index >= 15 is 0 Å². The first-order valence-electron chi connectivity index (χ1n) is 11.6. The molecule has 174 valence electrons. The van der Waals surface area contributed by atoms with Gasteiger partial charge < -0.3 is 14.6 Å². The number of imidazole rings is 1. The molecule has 0 aliphatic carbocycles. The lowest BCUT2D eigenvalue weighted by atomic mass is 10.1. The fourth-order valence-corrected chi connectivity index (χ4v) is 5.15. The number of nitrogens with zero attached hydrogens (tertiary/aromatic N) is 3. The summed E-state index contributed by atoms with van der Waals surface area (Å²) >= 11 is 1.70. The molecule has 0 bridgehead atoms. The van der Waals surface area contributed by atoms with Gasteiger partial charge in [0.1, 0.15) is 0 Å². The number of fused-ring (bicyclic) bond motifs is 1. The lowest BCUT2D eigenvalue weighted by molar-refractivity contribution is 0.0858. The highest BCUT2D eigenvalue weighted by atomic mass is 32.2. The second-order valence-electron chi connectivity index (χ2n) is 8.60. The number of carbonyl (C=O) groups is 1. The summed E-state index contributed by atoms with van der Waals surface area (Å²) in [7, 11) is 0. The van der Waals surface area contributed by atoms with Crippen molar-refractivity contribution in [1.29, 1.82) is 0 Å². The number of thioether (sulfide) groups is 1. The Morgan fingerprint density at radius 2 is 2.03 bits per heavy atom. The van der Waals surface area contributed by atoms with Gasteiger partial charge in [0.25, 0.3) is 5.91 Å². The van der Waals surface area contributed by atoms with Gasteiger partial charge in [-0.25, -0.2) is 4.98 Å². The predicted octanol–water partition coefficient (Wildman–Crippen LogP) is 4.99. The molecule has 0 radical (unpaired) electrons. The number of hydrogen-bond acceptors (Lipinski definition) is 5. The molecule has 1 saturated heterocycles. The van der Waals surface area contributed by atoms with Crippen LogP contribution in [0.1, 0.15) is 39.9 Å². The summed E-state index contributed by atoms with van der Waals surface area (Å²) in [6, 6.07) is 18.2. The average Bonchev–Trinajstić information content (AvgIpc) is 3.51. The Kier molecular flexibility index (Phi) is 6.92. The first kappa shape index (κ1) is 22.6. The summed E-state index contributed by atoms with van der Waals surface area (Å²) in [6.45, 7) is 4.25. The second-order valence-corrected chi connectivity index (χ2v) is 9.54. The molecule has 6 nitrogen and oxygen atoms in total. The summed E-state index contributed by atoms with van der Waals surface area (Å²) in [5, 5.41) is 3.94. The van der Waals surface area contributed by atoms with Crippen molar-refractivity contribution in [1.82, 2.24) is 19.9 Å². The Bertz CT molecular complexity index is 1280. The Morgan fingerprint density at radius 3 is 2.82 bits per heavy atom. The Hall–Kier alpha value is -3.16. The van der Waals surface area contributed by atoms with Gasteiger partial charge in [0.2, 0.25) is 0 Å². The minimum atomic E-state index is -0.0535. The van der Waals surface area contributed by atoms with E-state index in [9.17, 15) is 4.79 Å². The maximum atomic E-state index is 12.4. The second kappa shape index (κ2) is 10.4. The molecule has 1 amide bonds. The van der Waals surface area contributed by atoms with Gasteiger partial charge in [-0.1, -0.05) is 48.2 Å². The highest BCUT2D eigenvalue weighted by Crippen LogP contribution is 2.28. The molecule has 34 heavy (non-hydrogen) atoms. The van der Waals surface area contributed by atoms with Crippen LogP contribution < -0.4 is 5.32 Å². The van der Waals surface area contributed by atoms with Crippen molar-refractivity contribution in [3.63, 3.8) is 0 Å². The molecule has 0 unspecified atom stereocenters. The monoisotopic (exact) mass is 472 g/mol. The molecule has 1 N–H and O–H groups in total. The third-order valence-corrected chi connectivity index (χ3v) is 7.25. The average molecular weight is 473 g/mol. The van der Waals surface area contributed by atoms with Gasteiger partial charge in [0.05, 0.1) is 29.9 Å². The molecule has 0 saturated carbocycles. The van der Waals surface area contributed by atoms with Crippen LogP contribution in [0.5, 0.6) is 0 Å². The first-order chi connectivity index (χ1) is 16.7. The predicted molar refractivity (Wildman–Crippen MR) is 135 cm³/mol. The fourth-order valence-electron chi connectivity index (χ4n) is 4.18. The number of carbonyl (C=O) groups excluding carboxylic acids is 1. The smallest absolute Gasteiger partial charge is 0.251 e. The van der Waals surface area contributed by atoms with Gasteiger partial charge in [-0.3, -0.25) is 9.78 Å². The number of aryl methyl sites for hydroxylation is 1. The molecule has 3 heterocycles. The van der Waals surface area contributed by atoms with E-state index in [0.717, 1.165) is 53.5 Å². The molecule has 0 spiro atoms. The molecule has 1 aliphatic rings. The van der Waals surface area contributed by atoms with E-state index in [2.05, 4.69) is 46.1 Å². The van der Waals surface area contributed by atoms with Crippen LogP contribution in [0, 0.1) is 6.92 Å². The molecule has 2 aromatic heterocycles. The molecular formula is C27H28N4O2S. The zero-order valence-electron chi connectivity index (χ0n) is 19.2. The van der Waals surface area contributed by atoms with Crippen LogP contribution in [-0.4, -0.2) is 39.7 Å². The normalized spacial score (nSPS) is 15.6. The third kappa shape index (κ3) is 5.16.